The van der Waals surface area contributed by atoms with Crippen LogP contribution in [0.25, 0.3) is 22.0 Å². The zero-order valence-electron chi connectivity index (χ0n) is 20.1. The molecule has 0 unspecified atom stereocenters. The molecule has 6 rings (SSSR count). The number of rotatable bonds is 2. The monoisotopic (exact) mass is 490 g/mol. The van der Waals surface area contributed by atoms with Gasteiger partial charge in [0.15, 0.2) is 11.6 Å². The van der Waals surface area contributed by atoms with E-state index in [-0.39, 0.29) is 23.8 Å². The van der Waals surface area contributed by atoms with Crippen LogP contribution >= 0.6 is 0 Å². The highest BCUT2D eigenvalue weighted by molar-refractivity contribution is 6.06. The number of nitrogens with one attached hydrogen (secondary N) is 1. The van der Waals surface area contributed by atoms with Gasteiger partial charge in [0, 0.05) is 68.6 Å². The molecule has 5 heterocycles. The topological polar surface area (TPSA) is 77.5 Å². The number of H-pyrrole nitrogens is 1. The van der Waals surface area contributed by atoms with E-state index in [1.165, 1.54) is 11.5 Å². The van der Waals surface area contributed by atoms with Crippen LogP contribution in [0.1, 0.15) is 19.4 Å². The Morgan fingerprint density at radius 3 is 2.64 bits per heavy atom. The molecule has 4 aromatic rings. The number of carbonyl (C=O) groups excluding carboxylic acids is 1. The first-order valence-electron chi connectivity index (χ1n) is 11.8. The molecule has 2 aliphatic heterocycles. The average molecular weight is 491 g/mol. The van der Waals surface area contributed by atoms with E-state index in [2.05, 4.69) is 21.8 Å². The third-order valence-electron chi connectivity index (χ3n) is 7.12. The molecule has 36 heavy (non-hydrogen) atoms. The van der Waals surface area contributed by atoms with Crippen molar-refractivity contribution >= 4 is 39.7 Å². The summed E-state index contributed by atoms with van der Waals surface area (Å²) in [4.78, 5) is 38.2. The highest BCUT2D eigenvalue weighted by Gasteiger charge is 2.32. The lowest BCUT2D eigenvalue weighted by Crippen LogP contribution is -2.43. The number of amides is 1. The predicted molar refractivity (Wildman–Crippen MR) is 135 cm³/mol. The number of benzene rings is 1. The zero-order chi connectivity index (χ0) is 25.3. The summed E-state index contributed by atoms with van der Waals surface area (Å²) in [5, 5.41) is 0.756. The van der Waals surface area contributed by atoms with Crippen molar-refractivity contribution in [2.75, 3.05) is 34.3 Å². The SMILES string of the molecule is CCN1CCN(C(C)=O)c2cc3c(cc21)-c1cn(C)c(=O)c2[nH]cc(c12)CN3c1ncc(F)cc1F. The van der Waals surface area contributed by atoms with E-state index in [9.17, 15) is 14.0 Å². The van der Waals surface area contributed by atoms with Gasteiger partial charge in [0.05, 0.1) is 29.8 Å². The quantitative estimate of drug-likeness (QED) is 0.459. The predicted octanol–water partition coefficient (Wildman–Crippen LogP) is 4.05. The van der Waals surface area contributed by atoms with Gasteiger partial charge in [-0.15, -0.1) is 0 Å². The van der Waals surface area contributed by atoms with Gasteiger partial charge in [-0.25, -0.2) is 13.8 Å². The third-order valence-corrected chi connectivity index (χ3v) is 7.12. The van der Waals surface area contributed by atoms with Crippen molar-refractivity contribution in [3.63, 3.8) is 0 Å². The van der Waals surface area contributed by atoms with E-state index in [1.807, 2.05) is 12.1 Å². The Morgan fingerprint density at radius 1 is 1.11 bits per heavy atom. The van der Waals surface area contributed by atoms with Crippen molar-refractivity contribution in [1.29, 1.82) is 0 Å². The number of hydrogen-bond donors (Lipinski definition) is 1. The van der Waals surface area contributed by atoms with Crippen molar-refractivity contribution in [2.24, 2.45) is 7.05 Å². The molecule has 0 aliphatic carbocycles. The molecule has 0 atom stereocenters. The van der Waals surface area contributed by atoms with Crippen molar-refractivity contribution in [2.45, 2.75) is 20.4 Å². The molecule has 0 bridgehead atoms. The molecular formula is C26H24F2N6O2. The van der Waals surface area contributed by atoms with Gasteiger partial charge in [-0.05, 0) is 24.6 Å². The van der Waals surface area contributed by atoms with Gasteiger partial charge in [-0.1, -0.05) is 0 Å². The summed E-state index contributed by atoms with van der Waals surface area (Å²) in [6, 6.07) is 4.69. The molecular weight excluding hydrogens is 466 g/mol. The minimum atomic E-state index is -0.801. The number of aromatic nitrogens is 3. The summed E-state index contributed by atoms with van der Waals surface area (Å²) in [6.45, 7) is 5.72. The van der Waals surface area contributed by atoms with E-state index in [0.717, 1.165) is 52.3 Å². The number of likely N-dealkylation sites (N-methyl/N-ethyl adjacent to an activating group) is 1. The molecule has 3 aromatic heterocycles. The molecule has 1 N–H and O–H groups in total. The van der Waals surface area contributed by atoms with E-state index in [1.54, 1.807) is 29.2 Å². The largest absolute Gasteiger partial charge is 0.368 e. The lowest BCUT2D eigenvalue weighted by atomic mass is 9.98. The molecule has 0 fully saturated rings. The van der Waals surface area contributed by atoms with Gasteiger partial charge >= 0.3 is 0 Å². The molecule has 0 radical (unpaired) electrons. The molecule has 8 nitrogen and oxygen atoms in total. The average Bonchev–Trinajstić information content (AvgIpc) is 3.22. The fraction of sp³-hybridized carbons (Fsp3) is 0.269. The van der Waals surface area contributed by atoms with Crippen LogP contribution in [0.5, 0.6) is 0 Å². The van der Waals surface area contributed by atoms with Gasteiger partial charge in [0.25, 0.3) is 5.56 Å². The Hall–Kier alpha value is -4.21. The summed E-state index contributed by atoms with van der Waals surface area (Å²) >= 11 is 0. The van der Waals surface area contributed by atoms with Crippen LogP contribution in [0, 0.1) is 11.6 Å². The number of halogens is 2. The lowest BCUT2D eigenvalue weighted by Gasteiger charge is -2.38. The molecule has 1 aromatic carbocycles. The second-order valence-corrected chi connectivity index (χ2v) is 9.18. The first kappa shape index (κ1) is 22.3. The fourth-order valence-electron chi connectivity index (χ4n) is 5.40. The maximum atomic E-state index is 15.1. The fourth-order valence-corrected chi connectivity index (χ4v) is 5.40. The summed E-state index contributed by atoms with van der Waals surface area (Å²) in [5.74, 6) is -1.70. The number of aromatic amines is 1. The van der Waals surface area contributed by atoms with Crippen molar-refractivity contribution in [3.05, 3.63) is 64.3 Å². The van der Waals surface area contributed by atoms with Gasteiger partial charge in [0.2, 0.25) is 5.91 Å². The molecule has 0 saturated heterocycles. The Kier molecular flexibility index (Phi) is 4.89. The minimum absolute atomic E-state index is 0.0380. The molecule has 0 saturated carbocycles. The highest BCUT2D eigenvalue weighted by atomic mass is 19.1. The Bertz CT molecular complexity index is 1630. The van der Waals surface area contributed by atoms with Crippen LogP contribution in [-0.4, -0.2) is 40.1 Å². The van der Waals surface area contributed by atoms with Gasteiger partial charge in [-0.3, -0.25) is 9.59 Å². The van der Waals surface area contributed by atoms with E-state index in [0.29, 0.717) is 24.3 Å². The van der Waals surface area contributed by atoms with Crippen LogP contribution in [0.3, 0.4) is 0 Å². The van der Waals surface area contributed by atoms with Crippen molar-refractivity contribution in [1.82, 2.24) is 14.5 Å². The number of anilines is 4. The minimum Gasteiger partial charge on any atom is -0.368 e. The number of pyridine rings is 2. The number of nitrogens with zero attached hydrogens (tertiary/aromatic N) is 5. The lowest BCUT2D eigenvalue weighted by molar-refractivity contribution is -0.116. The van der Waals surface area contributed by atoms with Crippen molar-refractivity contribution < 1.29 is 13.6 Å². The first-order chi connectivity index (χ1) is 17.3. The number of aryl methyl sites for hydroxylation is 1. The standard InChI is InChI=1S/C26H24F2N6O2/c1-4-32-5-6-33(14(2)35)22-9-20-17(8-21(22)32)18-13-31(3)26(36)24-23(18)15(10-29-24)12-34(20)25-19(28)7-16(27)11-30-25/h7-11,13,29H,4-6,12H2,1-3H3. The molecule has 10 heteroatoms. The maximum absolute atomic E-state index is 15.1. The third kappa shape index (κ3) is 3.13. The van der Waals surface area contributed by atoms with Gasteiger partial charge in [0.1, 0.15) is 11.3 Å². The zero-order valence-corrected chi connectivity index (χ0v) is 20.1. The second kappa shape index (κ2) is 7.91. The Morgan fingerprint density at radius 2 is 1.92 bits per heavy atom. The summed E-state index contributed by atoms with van der Waals surface area (Å²) < 4.78 is 30.4. The number of fused-ring (bicyclic) bond motifs is 3. The molecule has 1 amide bonds. The van der Waals surface area contributed by atoms with Crippen LogP contribution < -0.4 is 20.3 Å². The van der Waals surface area contributed by atoms with E-state index in [4.69, 9.17) is 0 Å². The summed E-state index contributed by atoms with van der Waals surface area (Å²) in [7, 11) is 1.69. The molecule has 0 spiro atoms. The van der Waals surface area contributed by atoms with Gasteiger partial charge in [-0.2, -0.15) is 0 Å². The highest BCUT2D eigenvalue weighted by Crippen LogP contribution is 2.48. The van der Waals surface area contributed by atoms with Crippen LogP contribution in [0.4, 0.5) is 31.7 Å². The summed E-state index contributed by atoms with van der Waals surface area (Å²) in [6.07, 6.45) is 4.51. The summed E-state index contributed by atoms with van der Waals surface area (Å²) in [5.41, 5.74) is 4.87. The van der Waals surface area contributed by atoms with E-state index >= 15 is 4.39 Å². The molecule has 2 aliphatic rings. The maximum Gasteiger partial charge on any atom is 0.274 e. The van der Waals surface area contributed by atoms with Crippen LogP contribution in [0.15, 0.2) is 41.6 Å². The first-order valence-corrected chi connectivity index (χ1v) is 11.8. The molecule has 184 valence electrons. The Labute approximate surface area is 205 Å². The second-order valence-electron chi connectivity index (χ2n) is 9.18. The van der Waals surface area contributed by atoms with Crippen LogP contribution in [-0.2, 0) is 18.4 Å². The van der Waals surface area contributed by atoms with Gasteiger partial charge < -0.3 is 24.3 Å². The van der Waals surface area contributed by atoms with Crippen molar-refractivity contribution in [3.8, 4) is 11.1 Å². The number of carbonyl (C=O) groups is 1. The Balaban J connectivity index is 1.72. The normalized spacial score (nSPS) is 14.6. The smallest absolute Gasteiger partial charge is 0.274 e. The number of hydrogen-bond acceptors (Lipinski definition) is 5. The van der Waals surface area contributed by atoms with E-state index < -0.39 is 11.6 Å². The van der Waals surface area contributed by atoms with Crippen LogP contribution in [0.2, 0.25) is 0 Å².